The van der Waals surface area contributed by atoms with Gasteiger partial charge in [0.25, 0.3) is 5.69 Å². The summed E-state index contributed by atoms with van der Waals surface area (Å²) in [5.41, 5.74) is -0.694. The first kappa shape index (κ1) is 20.6. The van der Waals surface area contributed by atoms with E-state index in [-0.39, 0.29) is 17.5 Å². The monoisotopic (exact) mass is 408 g/mol. The smallest absolute Gasteiger partial charge is 0.366 e. The molecule has 1 N–H and O–H groups in total. The van der Waals surface area contributed by atoms with Gasteiger partial charge in [-0.2, -0.15) is 13.2 Å². The molecule has 1 aromatic carbocycles. The lowest BCUT2D eigenvalue weighted by atomic mass is 9.95. The highest BCUT2D eigenvalue weighted by Crippen LogP contribution is 2.37. The summed E-state index contributed by atoms with van der Waals surface area (Å²) in [6.45, 7) is 2.48. The Balaban J connectivity index is 1.70. The first-order valence-corrected chi connectivity index (χ1v) is 9.00. The quantitative estimate of drug-likeness (QED) is 0.606. The number of carbonyl (C=O) groups is 1. The molecule has 2 heterocycles. The molecule has 154 valence electrons. The molecule has 7 nitrogen and oxygen atoms in total. The molecule has 0 saturated carbocycles. The van der Waals surface area contributed by atoms with E-state index >= 15 is 0 Å². The zero-order chi connectivity index (χ0) is 21.2. The van der Waals surface area contributed by atoms with Crippen molar-refractivity contribution in [1.82, 2.24) is 4.98 Å². The molecule has 29 heavy (non-hydrogen) atoms. The number of hydrogen-bond donors (Lipinski definition) is 1. The molecule has 1 aromatic heterocycles. The minimum atomic E-state index is -4.65. The van der Waals surface area contributed by atoms with Crippen molar-refractivity contribution in [2.45, 2.75) is 25.9 Å². The number of alkyl halides is 3. The first-order valence-electron chi connectivity index (χ1n) is 9.00. The standard InChI is InChI=1S/C19H19F3N4O3/c1-12-3-2-8-23-17(12)24-18(27)13-6-9-25(10-7-13)15-5-4-14(19(20,21)22)11-16(15)26(28)29/h2-5,8,11,13H,6-7,9-10H2,1H3,(H,23,24,27). The third-order valence-corrected chi connectivity index (χ3v) is 4.96. The Kier molecular flexibility index (Phi) is 5.71. The zero-order valence-electron chi connectivity index (χ0n) is 15.6. The lowest BCUT2D eigenvalue weighted by Crippen LogP contribution is -2.38. The normalized spacial score (nSPS) is 15.2. The maximum atomic E-state index is 12.9. The number of carbonyl (C=O) groups excluding carboxylic acids is 1. The van der Waals surface area contributed by atoms with Gasteiger partial charge in [0.1, 0.15) is 11.5 Å². The molecule has 1 amide bonds. The molecule has 0 radical (unpaired) electrons. The number of benzene rings is 1. The van der Waals surface area contributed by atoms with E-state index in [1.807, 2.05) is 13.0 Å². The molecule has 2 aromatic rings. The van der Waals surface area contributed by atoms with E-state index < -0.39 is 22.4 Å². The van der Waals surface area contributed by atoms with Crippen LogP contribution in [0.1, 0.15) is 24.0 Å². The summed E-state index contributed by atoms with van der Waals surface area (Å²) in [6, 6.07) is 6.11. The van der Waals surface area contributed by atoms with Gasteiger partial charge in [0.2, 0.25) is 5.91 Å². The minimum absolute atomic E-state index is 0.127. The van der Waals surface area contributed by atoms with Crippen molar-refractivity contribution >= 4 is 23.1 Å². The van der Waals surface area contributed by atoms with Gasteiger partial charge in [-0.25, -0.2) is 4.98 Å². The second-order valence-corrected chi connectivity index (χ2v) is 6.88. The average Bonchev–Trinajstić information content (AvgIpc) is 2.68. The van der Waals surface area contributed by atoms with Crippen LogP contribution in [-0.2, 0) is 11.0 Å². The summed E-state index contributed by atoms with van der Waals surface area (Å²) in [4.78, 5) is 28.7. The van der Waals surface area contributed by atoms with Gasteiger partial charge in [-0.1, -0.05) is 6.07 Å². The van der Waals surface area contributed by atoms with Crippen LogP contribution in [0.25, 0.3) is 0 Å². The molecule has 3 rings (SSSR count). The Hall–Kier alpha value is -3.17. The Bertz CT molecular complexity index is 925. The molecule has 0 atom stereocenters. The number of piperidine rings is 1. The third kappa shape index (κ3) is 4.64. The van der Waals surface area contributed by atoms with Crippen molar-refractivity contribution in [2.24, 2.45) is 5.92 Å². The van der Waals surface area contributed by atoms with Crippen LogP contribution >= 0.6 is 0 Å². The summed E-state index contributed by atoms with van der Waals surface area (Å²) in [7, 11) is 0. The van der Waals surface area contributed by atoms with Crippen molar-refractivity contribution in [3.63, 3.8) is 0 Å². The van der Waals surface area contributed by atoms with Crippen LogP contribution in [0.2, 0.25) is 0 Å². The molecule has 1 fully saturated rings. The number of halogens is 3. The molecular formula is C19H19F3N4O3. The molecule has 1 aliphatic heterocycles. The average molecular weight is 408 g/mol. The number of nitrogens with zero attached hydrogens (tertiary/aromatic N) is 3. The van der Waals surface area contributed by atoms with Crippen LogP contribution in [0.4, 0.5) is 30.4 Å². The van der Waals surface area contributed by atoms with Gasteiger partial charge < -0.3 is 10.2 Å². The Labute approximate surface area is 164 Å². The van der Waals surface area contributed by atoms with E-state index in [0.717, 1.165) is 17.7 Å². The molecule has 0 unspecified atom stereocenters. The van der Waals surface area contributed by atoms with Gasteiger partial charge >= 0.3 is 6.18 Å². The number of amides is 1. The number of rotatable bonds is 4. The highest BCUT2D eigenvalue weighted by atomic mass is 19.4. The van der Waals surface area contributed by atoms with Crippen molar-refractivity contribution in [3.8, 4) is 0 Å². The summed E-state index contributed by atoms with van der Waals surface area (Å²) in [5.74, 6) is -0.00663. The maximum absolute atomic E-state index is 12.9. The molecule has 10 heteroatoms. The number of nitro groups is 1. The van der Waals surface area contributed by atoms with Gasteiger partial charge in [0.15, 0.2) is 0 Å². The molecule has 1 aliphatic rings. The fourth-order valence-corrected chi connectivity index (χ4v) is 3.33. The highest BCUT2D eigenvalue weighted by molar-refractivity contribution is 5.92. The van der Waals surface area contributed by atoms with Crippen LogP contribution in [0, 0.1) is 23.0 Å². The highest BCUT2D eigenvalue weighted by Gasteiger charge is 2.35. The number of hydrogen-bond acceptors (Lipinski definition) is 5. The van der Waals surface area contributed by atoms with Crippen molar-refractivity contribution in [1.29, 1.82) is 0 Å². The van der Waals surface area contributed by atoms with E-state index in [9.17, 15) is 28.1 Å². The van der Waals surface area contributed by atoms with E-state index in [4.69, 9.17) is 0 Å². The lowest BCUT2D eigenvalue weighted by molar-refractivity contribution is -0.384. The number of anilines is 2. The summed E-state index contributed by atoms with van der Waals surface area (Å²) in [6.07, 6.45) is -2.22. The van der Waals surface area contributed by atoms with Crippen LogP contribution in [0.3, 0.4) is 0 Å². The molecule has 1 saturated heterocycles. The van der Waals surface area contributed by atoms with Gasteiger partial charge in [-0.15, -0.1) is 0 Å². The second-order valence-electron chi connectivity index (χ2n) is 6.88. The zero-order valence-corrected chi connectivity index (χ0v) is 15.6. The molecule has 0 spiro atoms. The number of aromatic nitrogens is 1. The van der Waals surface area contributed by atoms with Crippen molar-refractivity contribution < 1.29 is 22.9 Å². The first-order chi connectivity index (χ1) is 13.7. The van der Waals surface area contributed by atoms with Crippen LogP contribution < -0.4 is 10.2 Å². The van der Waals surface area contributed by atoms with Crippen LogP contribution in [0.15, 0.2) is 36.5 Å². The molecule has 0 aliphatic carbocycles. The topological polar surface area (TPSA) is 88.4 Å². The number of pyridine rings is 1. The van der Waals surface area contributed by atoms with Crippen LogP contribution in [0.5, 0.6) is 0 Å². The van der Waals surface area contributed by atoms with E-state index in [1.165, 1.54) is 0 Å². The van der Waals surface area contributed by atoms with Gasteiger partial charge in [0, 0.05) is 31.3 Å². The largest absolute Gasteiger partial charge is 0.416 e. The lowest BCUT2D eigenvalue weighted by Gasteiger charge is -2.32. The SMILES string of the molecule is Cc1cccnc1NC(=O)C1CCN(c2ccc(C(F)(F)F)cc2[N+](=O)[O-])CC1. The van der Waals surface area contributed by atoms with Crippen LogP contribution in [-0.4, -0.2) is 28.9 Å². The Morgan fingerprint density at radius 1 is 1.28 bits per heavy atom. The van der Waals surface area contributed by atoms with E-state index in [0.29, 0.717) is 37.8 Å². The van der Waals surface area contributed by atoms with Crippen molar-refractivity contribution in [2.75, 3.05) is 23.3 Å². The Morgan fingerprint density at radius 3 is 2.55 bits per heavy atom. The van der Waals surface area contributed by atoms with Gasteiger partial charge in [-0.05, 0) is 43.5 Å². The van der Waals surface area contributed by atoms with Gasteiger partial charge in [0.05, 0.1) is 10.5 Å². The maximum Gasteiger partial charge on any atom is 0.416 e. The Morgan fingerprint density at radius 2 is 1.97 bits per heavy atom. The number of nitrogens with one attached hydrogen (secondary N) is 1. The molecule has 0 bridgehead atoms. The summed E-state index contributed by atoms with van der Waals surface area (Å²) < 4.78 is 38.6. The second kappa shape index (κ2) is 8.06. The third-order valence-electron chi connectivity index (χ3n) is 4.96. The van der Waals surface area contributed by atoms with E-state index in [1.54, 1.807) is 17.2 Å². The number of nitro benzene ring substituents is 1. The van der Waals surface area contributed by atoms with Crippen molar-refractivity contribution in [3.05, 3.63) is 57.8 Å². The molecular weight excluding hydrogens is 389 g/mol. The van der Waals surface area contributed by atoms with Gasteiger partial charge in [-0.3, -0.25) is 14.9 Å². The number of aryl methyl sites for hydroxylation is 1. The predicted molar refractivity (Wildman–Crippen MR) is 101 cm³/mol. The predicted octanol–water partition coefficient (Wildman–Crippen LogP) is 4.17. The summed E-state index contributed by atoms with van der Waals surface area (Å²) in [5, 5.41) is 14.1. The summed E-state index contributed by atoms with van der Waals surface area (Å²) >= 11 is 0. The fraction of sp³-hybridized carbons (Fsp3) is 0.368. The minimum Gasteiger partial charge on any atom is -0.366 e. The van der Waals surface area contributed by atoms with E-state index in [2.05, 4.69) is 10.3 Å². The fourth-order valence-electron chi connectivity index (χ4n) is 3.33.